The van der Waals surface area contributed by atoms with Crippen molar-refractivity contribution in [1.29, 1.82) is 0 Å². The number of anilines is 1. The molecule has 2 atom stereocenters. The van der Waals surface area contributed by atoms with Gasteiger partial charge < -0.3 is 15.0 Å². The van der Waals surface area contributed by atoms with Crippen molar-refractivity contribution in [3.63, 3.8) is 0 Å². The largest absolute Gasteiger partial charge is 0.368 e. The maximum atomic E-state index is 11.5. The molecule has 0 radical (unpaired) electrons. The molecular formula is C15H22N4O2. The first kappa shape index (κ1) is 14.3. The Kier molecular flexibility index (Phi) is 4.05. The Morgan fingerprint density at radius 2 is 2.29 bits per heavy atom. The number of amides is 1. The van der Waals surface area contributed by atoms with Crippen molar-refractivity contribution in [2.75, 3.05) is 25.0 Å². The summed E-state index contributed by atoms with van der Waals surface area (Å²) in [5.41, 5.74) is -0.131. The molecule has 1 amide bonds. The molecule has 1 aromatic rings. The summed E-state index contributed by atoms with van der Waals surface area (Å²) in [6.45, 7) is 3.90. The molecule has 21 heavy (non-hydrogen) atoms. The number of nitrogens with zero attached hydrogens (tertiary/aromatic N) is 3. The molecule has 6 heteroatoms. The number of aromatic nitrogens is 2. The molecule has 0 saturated carbocycles. The van der Waals surface area contributed by atoms with Crippen LogP contribution in [0.5, 0.6) is 0 Å². The molecular weight excluding hydrogens is 268 g/mol. The topological polar surface area (TPSA) is 67.4 Å². The summed E-state index contributed by atoms with van der Waals surface area (Å²) >= 11 is 0. The van der Waals surface area contributed by atoms with E-state index in [2.05, 4.69) is 15.3 Å². The zero-order valence-corrected chi connectivity index (χ0v) is 12.4. The van der Waals surface area contributed by atoms with E-state index in [-0.39, 0.29) is 17.6 Å². The number of likely N-dealkylation sites (tertiary alicyclic amines) is 1. The average molecular weight is 290 g/mol. The molecule has 2 aliphatic heterocycles. The third-order valence-corrected chi connectivity index (χ3v) is 4.39. The van der Waals surface area contributed by atoms with E-state index in [1.165, 1.54) is 0 Å². The highest BCUT2D eigenvalue weighted by atomic mass is 16.5. The minimum Gasteiger partial charge on any atom is -0.368 e. The van der Waals surface area contributed by atoms with Crippen LogP contribution in [0, 0.1) is 0 Å². The van der Waals surface area contributed by atoms with E-state index in [1.54, 1.807) is 25.4 Å². The van der Waals surface area contributed by atoms with Crippen LogP contribution >= 0.6 is 0 Å². The lowest BCUT2D eigenvalue weighted by Crippen LogP contribution is -2.45. The maximum absolute atomic E-state index is 11.5. The molecule has 2 aliphatic rings. The summed E-state index contributed by atoms with van der Waals surface area (Å²) < 4.78 is 6.33. The lowest BCUT2D eigenvalue weighted by molar-refractivity contribution is -0.135. The van der Waals surface area contributed by atoms with E-state index in [1.807, 2.05) is 4.90 Å². The molecule has 0 aromatic carbocycles. The van der Waals surface area contributed by atoms with Crippen LogP contribution in [-0.2, 0) is 9.53 Å². The predicted molar refractivity (Wildman–Crippen MR) is 78.8 cm³/mol. The van der Waals surface area contributed by atoms with Gasteiger partial charge in [0.25, 0.3) is 0 Å². The molecule has 3 rings (SSSR count). The van der Waals surface area contributed by atoms with Crippen LogP contribution in [0.3, 0.4) is 0 Å². The number of nitrogens with one attached hydrogen (secondary N) is 1. The van der Waals surface area contributed by atoms with E-state index >= 15 is 0 Å². The fraction of sp³-hybridized carbons (Fsp3) is 0.667. The molecule has 6 nitrogen and oxygen atoms in total. The monoisotopic (exact) mass is 290 g/mol. The standard InChI is InChI=1S/C15H22N4O2/c1-12(20)19-9-6-15(11-19)5-2-4-13(21-15)10-18-14-16-7-3-8-17-14/h3,7-8,13H,2,4-6,9-11H2,1H3,(H,16,17,18)/t13-,15-/m0/s1. The van der Waals surface area contributed by atoms with E-state index in [0.29, 0.717) is 12.5 Å². The van der Waals surface area contributed by atoms with Gasteiger partial charge in [0, 0.05) is 39.0 Å². The van der Waals surface area contributed by atoms with Gasteiger partial charge in [-0.05, 0) is 31.7 Å². The number of carbonyl (C=O) groups excluding carboxylic acids is 1. The normalized spacial score (nSPS) is 28.8. The predicted octanol–water partition coefficient (Wildman–Crippen LogP) is 1.45. The minimum absolute atomic E-state index is 0.131. The Bertz CT molecular complexity index is 496. The average Bonchev–Trinajstić information content (AvgIpc) is 2.90. The summed E-state index contributed by atoms with van der Waals surface area (Å²) in [5, 5.41) is 3.23. The van der Waals surface area contributed by atoms with Crippen LogP contribution in [0.4, 0.5) is 5.95 Å². The van der Waals surface area contributed by atoms with Gasteiger partial charge in [0.1, 0.15) is 0 Å². The van der Waals surface area contributed by atoms with E-state index in [4.69, 9.17) is 4.74 Å². The zero-order valence-electron chi connectivity index (χ0n) is 12.4. The first-order valence-electron chi connectivity index (χ1n) is 7.61. The molecule has 2 fully saturated rings. The van der Waals surface area contributed by atoms with Crippen LogP contribution in [0.1, 0.15) is 32.6 Å². The van der Waals surface area contributed by atoms with Crippen LogP contribution in [0.15, 0.2) is 18.5 Å². The van der Waals surface area contributed by atoms with Gasteiger partial charge in [-0.2, -0.15) is 0 Å². The quantitative estimate of drug-likeness (QED) is 0.912. The third kappa shape index (κ3) is 3.32. The second-order valence-electron chi connectivity index (χ2n) is 5.96. The van der Waals surface area contributed by atoms with Gasteiger partial charge in [-0.1, -0.05) is 0 Å². The maximum Gasteiger partial charge on any atom is 0.222 e. The fourth-order valence-electron chi connectivity index (χ4n) is 3.28. The SMILES string of the molecule is CC(=O)N1CC[C@@]2(CCC[C@@H](CNc3ncccn3)O2)C1. The number of carbonyl (C=O) groups is 1. The van der Waals surface area contributed by atoms with Crippen LogP contribution in [-0.4, -0.2) is 52.1 Å². The first-order valence-corrected chi connectivity index (χ1v) is 7.61. The van der Waals surface area contributed by atoms with Crippen molar-refractivity contribution in [3.05, 3.63) is 18.5 Å². The fourth-order valence-corrected chi connectivity index (χ4v) is 3.28. The Balaban J connectivity index is 1.55. The molecule has 114 valence electrons. The van der Waals surface area contributed by atoms with Gasteiger partial charge >= 0.3 is 0 Å². The van der Waals surface area contributed by atoms with Crippen molar-refractivity contribution in [1.82, 2.24) is 14.9 Å². The summed E-state index contributed by atoms with van der Waals surface area (Å²) in [5.74, 6) is 0.783. The lowest BCUT2D eigenvalue weighted by Gasteiger charge is -2.38. The van der Waals surface area contributed by atoms with Crippen LogP contribution in [0.2, 0.25) is 0 Å². The molecule has 1 N–H and O–H groups in total. The van der Waals surface area contributed by atoms with Crippen molar-refractivity contribution in [3.8, 4) is 0 Å². The Morgan fingerprint density at radius 1 is 1.48 bits per heavy atom. The molecule has 2 saturated heterocycles. The second-order valence-corrected chi connectivity index (χ2v) is 5.96. The number of hydrogen-bond donors (Lipinski definition) is 1. The van der Waals surface area contributed by atoms with Crippen molar-refractivity contribution >= 4 is 11.9 Å². The highest BCUT2D eigenvalue weighted by molar-refractivity contribution is 5.73. The van der Waals surface area contributed by atoms with Crippen molar-refractivity contribution < 1.29 is 9.53 Å². The summed E-state index contributed by atoms with van der Waals surface area (Å²) in [6, 6.07) is 1.80. The van der Waals surface area contributed by atoms with Crippen molar-refractivity contribution in [2.45, 2.75) is 44.3 Å². The van der Waals surface area contributed by atoms with Gasteiger partial charge in [-0.15, -0.1) is 0 Å². The molecule has 3 heterocycles. The molecule has 0 aliphatic carbocycles. The van der Waals surface area contributed by atoms with Gasteiger partial charge in [0.15, 0.2) is 0 Å². The Morgan fingerprint density at radius 3 is 3.00 bits per heavy atom. The number of ether oxygens (including phenoxy) is 1. The van der Waals surface area contributed by atoms with E-state index in [9.17, 15) is 4.79 Å². The smallest absolute Gasteiger partial charge is 0.222 e. The summed E-state index contributed by atoms with van der Waals surface area (Å²) in [6.07, 6.45) is 7.80. The summed E-state index contributed by atoms with van der Waals surface area (Å²) in [7, 11) is 0. The highest BCUT2D eigenvalue weighted by Gasteiger charge is 2.43. The second kappa shape index (κ2) is 5.97. The zero-order chi connectivity index (χ0) is 14.7. The van der Waals surface area contributed by atoms with Crippen LogP contribution < -0.4 is 5.32 Å². The molecule has 0 unspecified atom stereocenters. The van der Waals surface area contributed by atoms with E-state index in [0.717, 1.165) is 38.8 Å². The Labute approximate surface area is 124 Å². The first-order chi connectivity index (χ1) is 10.2. The Hall–Kier alpha value is -1.69. The minimum atomic E-state index is -0.131. The molecule has 0 bridgehead atoms. The molecule has 1 spiro atoms. The third-order valence-electron chi connectivity index (χ3n) is 4.39. The van der Waals surface area contributed by atoms with Gasteiger partial charge in [0.05, 0.1) is 11.7 Å². The van der Waals surface area contributed by atoms with Crippen molar-refractivity contribution in [2.24, 2.45) is 0 Å². The van der Waals surface area contributed by atoms with Gasteiger partial charge in [-0.3, -0.25) is 4.79 Å². The lowest BCUT2D eigenvalue weighted by atomic mass is 9.90. The summed E-state index contributed by atoms with van der Waals surface area (Å²) in [4.78, 5) is 21.7. The molecule has 1 aromatic heterocycles. The van der Waals surface area contributed by atoms with Crippen LogP contribution in [0.25, 0.3) is 0 Å². The highest BCUT2D eigenvalue weighted by Crippen LogP contribution is 2.36. The number of rotatable bonds is 3. The van der Waals surface area contributed by atoms with Gasteiger partial charge in [-0.25, -0.2) is 9.97 Å². The van der Waals surface area contributed by atoms with E-state index < -0.39 is 0 Å². The number of hydrogen-bond acceptors (Lipinski definition) is 5. The van der Waals surface area contributed by atoms with Gasteiger partial charge in [0.2, 0.25) is 11.9 Å².